The summed E-state index contributed by atoms with van der Waals surface area (Å²) in [6.45, 7) is 4.04. The molecule has 7 heteroatoms. The van der Waals surface area contributed by atoms with E-state index in [0.29, 0.717) is 26.3 Å². The molecular weight excluding hydrogens is 229 g/mol. The van der Waals surface area contributed by atoms with E-state index in [9.17, 15) is 13.2 Å². The largest absolute Gasteiger partial charge is 0.456 e. The van der Waals surface area contributed by atoms with Gasteiger partial charge in [-0.1, -0.05) is 0 Å². The highest BCUT2D eigenvalue weighted by atomic mass is 32.2. The molecule has 0 spiro atoms. The summed E-state index contributed by atoms with van der Waals surface area (Å²) < 4.78 is 42.2. The van der Waals surface area contributed by atoms with Gasteiger partial charge in [0.1, 0.15) is 0 Å². The van der Waals surface area contributed by atoms with Gasteiger partial charge < -0.3 is 4.74 Å². The zero-order chi connectivity index (χ0) is 11.3. The molecule has 0 N–H and O–H groups in total. The standard InChI is InChI=1S/C8H15F3N2OS/c1-12(15-8(9,10)11)2-3-13-4-6-14-7-5-13/h2-7H2,1H3. The number of hydrogen-bond acceptors (Lipinski definition) is 4. The molecule has 1 rings (SSSR count). The fourth-order valence-electron chi connectivity index (χ4n) is 1.33. The molecule has 0 aromatic carbocycles. The number of morpholine rings is 1. The Balaban J connectivity index is 2.12. The molecular formula is C8H15F3N2OS. The molecule has 1 aliphatic heterocycles. The molecule has 0 amide bonds. The van der Waals surface area contributed by atoms with Crippen molar-refractivity contribution in [3.8, 4) is 0 Å². The SMILES string of the molecule is CN(CCN1CCOCC1)SC(F)(F)F. The van der Waals surface area contributed by atoms with Crippen LogP contribution < -0.4 is 0 Å². The summed E-state index contributed by atoms with van der Waals surface area (Å²) in [7, 11) is 1.46. The van der Waals surface area contributed by atoms with E-state index in [1.165, 1.54) is 11.4 Å². The summed E-state index contributed by atoms with van der Waals surface area (Å²) in [6.07, 6.45) is 0. The average molecular weight is 244 g/mol. The Morgan fingerprint density at radius 2 is 1.93 bits per heavy atom. The number of ether oxygens (including phenoxy) is 1. The van der Waals surface area contributed by atoms with Gasteiger partial charge in [-0.3, -0.25) is 4.90 Å². The zero-order valence-corrected chi connectivity index (χ0v) is 9.40. The highest BCUT2D eigenvalue weighted by Crippen LogP contribution is 2.31. The highest BCUT2D eigenvalue weighted by molar-refractivity contribution is 7.97. The van der Waals surface area contributed by atoms with Crippen molar-refractivity contribution in [1.82, 2.24) is 9.21 Å². The fourth-order valence-corrected chi connectivity index (χ4v) is 1.86. The topological polar surface area (TPSA) is 15.7 Å². The monoisotopic (exact) mass is 244 g/mol. The summed E-state index contributed by atoms with van der Waals surface area (Å²) in [5, 5.41) is 0. The lowest BCUT2D eigenvalue weighted by molar-refractivity contribution is -0.0361. The van der Waals surface area contributed by atoms with Gasteiger partial charge in [0, 0.05) is 38.1 Å². The maximum absolute atomic E-state index is 12.0. The van der Waals surface area contributed by atoms with Crippen LogP contribution in [0, 0.1) is 0 Å². The molecule has 0 unspecified atom stereocenters. The number of nitrogens with zero attached hydrogens (tertiary/aromatic N) is 2. The van der Waals surface area contributed by atoms with Gasteiger partial charge in [-0.05, 0) is 7.05 Å². The van der Waals surface area contributed by atoms with E-state index in [4.69, 9.17) is 4.74 Å². The van der Waals surface area contributed by atoms with Crippen molar-refractivity contribution < 1.29 is 17.9 Å². The number of rotatable bonds is 4. The normalized spacial score (nSPS) is 19.8. The number of alkyl halides is 3. The maximum atomic E-state index is 12.0. The van der Waals surface area contributed by atoms with Crippen LogP contribution in [0.2, 0.25) is 0 Å². The smallest absolute Gasteiger partial charge is 0.379 e. The van der Waals surface area contributed by atoms with Gasteiger partial charge in [0.2, 0.25) is 0 Å². The van der Waals surface area contributed by atoms with E-state index < -0.39 is 5.51 Å². The first-order valence-electron chi connectivity index (χ1n) is 4.74. The van der Waals surface area contributed by atoms with Crippen LogP contribution in [0.15, 0.2) is 0 Å². The van der Waals surface area contributed by atoms with Crippen molar-refractivity contribution in [2.75, 3.05) is 46.4 Å². The molecule has 0 atom stereocenters. The third-order valence-corrected chi connectivity index (χ3v) is 2.80. The Morgan fingerprint density at radius 1 is 1.33 bits per heavy atom. The van der Waals surface area contributed by atoms with Gasteiger partial charge >= 0.3 is 5.51 Å². The summed E-state index contributed by atoms with van der Waals surface area (Å²) in [5.74, 6) is 0. The fraction of sp³-hybridized carbons (Fsp3) is 1.00. The quantitative estimate of drug-likeness (QED) is 0.695. The second kappa shape index (κ2) is 5.93. The van der Waals surface area contributed by atoms with Gasteiger partial charge in [0.15, 0.2) is 0 Å². The van der Waals surface area contributed by atoms with E-state index in [1.807, 2.05) is 0 Å². The molecule has 1 heterocycles. The molecule has 0 aromatic rings. The summed E-state index contributed by atoms with van der Waals surface area (Å²) in [5.41, 5.74) is -4.18. The van der Waals surface area contributed by atoms with Gasteiger partial charge in [0.05, 0.1) is 13.2 Å². The predicted molar refractivity (Wildman–Crippen MR) is 53.5 cm³/mol. The van der Waals surface area contributed by atoms with Crippen LogP contribution in [0.1, 0.15) is 0 Å². The van der Waals surface area contributed by atoms with Crippen LogP contribution in [0.25, 0.3) is 0 Å². The Bertz CT molecular complexity index is 185. The molecule has 3 nitrogen and oxygen atoms in total. The van der Waals surface area contributed by atoms with E-state index in [1.54, 1.807) is 0 Å². The van der Waals surface area contributed by atoms with E-state index in [2.05, 4.69) is 4.90 Å². The van der Waals surface area contributed by atoms with Crippen molar-refractivity contribution in [3.05, 3.63) is 0 Å². The second-order valence-corrected chi connectivity index (χ2v) is 4.61. The molecule has 1 saturated heterocycles. The van der Waals surface area contributed by atoms with Crippen molar-refractivity contribution in [1.29, 1.82) is 0 Å². The van der Waals surface area contributed by atoms with Crippen molar-refractivity contribution in [2.24, 2.45) is 0 Å². The van der Waals surface area contributed by atoms with Crippen LogP contribution in [0.4, 0.5) is 13.2 Å². The van der Waals surface area contributed by atoms with Crippen molar-refractivity contribution in [3.63, 3.8) is 0 Å². The Kier molecular flexibility index (Phi) is 5.17. The van der Waals surface area contributed by atoms with Gasteiger partial charge in [-0.25, -0.2) is 4.31 Å². The van der Waals surface area contributed by atoms with E-state index >= 15 is 0 Å². The molecule has 90 valence electrons. The molecule has 0 aromatic heterocycles. The lowest BCUT2D eigenvalue weighted by atomic mass is 10.4. The van der Waals surface area contributed by atoms with Gasteiger partial charge in [-0.2, -0.15) is 13.2 Å². The molecule has 0 aliphatic carbocycles. The first-order valence-corrected chi connectivity index (χ1v) is 5.52. The number of halogens is 3. The average Bonchev–Trinajstić information content (AvgIpc) is 2.14. The lowest BCUT2D eigenvalue weighted by Gasteiger charge is -2.28. The third-order valence-electron chi connectivity index (χ3n) is 2.09. The minimum Gasteiger partial charge on any atom is -0.379 e. The molecule has 0 saturated carbocycles. The lowest BCUT2D eigenvalue weighted by Crippen LogP contribution is -2.40. The Labute approximate surface area is 91.7 Å². The first kappa shape index (κ1) is 13.1. The number of hydrogen-bond donors (Lipinski definition) is 0. The minimum atomic E-state index is -4.18. The molecule has 1 fully saturated rings. The van der Waals surface area contributed by atoms with E-state index in [-0.39, 0.29) is 11.9 Å². The summed E-state index contributed by atoms with van der Waals surface area (Å²) in [6, 6.07) is 0. The van der Waals surface area contributed by atoms with Crippen molar-refractivity contribution in [2.45, 2.75) is 5.51 Å². The minimum absolute atomic E-state index is 0.0793. The van der Waals surface area contributed by atoms with Crippen LogP contribution in [0.5, 0.6) is 0 Å². The Hall–Kier alpha value is 0.0200. The van der Waals surface area contributed by atoms with Crippen molar-refractivity contribution >= 4 is 11.9 Å². The Morgan fingerprint density at radius 3 is 2.47 bits per heavy atom. The van der Waals surface area contributed by atoms with Crippen LogP contribution >= 0.6 is 11.9 Å². The first-order chi connectivity index (χ1) is 6.97. The summed E-state index contributed by atoms with van der Waals surface area (Å²) in [4.78, 5) is 2.11. The maximum Gasteiger partial charge on any atom is 0.456 e. The van der Waals surface area contributed by atoms with Gasteiger partial charge in [0.25, 0.3) is 0 Å². The molecule has 1 aliphatic rings. The van der Waals surface area contributed by atoms with Gasteiger partial charge in [-0.15, -0.1) is 0 Å². The highest BCUT2D eigenvalue weighted by Gasteiger charge is 2.31. The molecule has 0 radical (unpaired) electrons. The second-order valence-electron chi connectivity index (χ2n) is 3.34. The van der Waals surface area contributed by atoms with E-state index in [0.717, 1.165) is 13.1 Å². The summed E-state index contributed by atoms with van der Waals surface area (Å²) >= 11 is -0.0793. The zero-order valence-electron chi connectivity index (χ0n) is 8.59. The van der Waals surface area contributed by atoms with Crippen LogP contribution in [-0.4, -0.2) is 61.2 Å². The predicted octanol–water partition coefficient (Wildman–Crippen LogP) is 1.42. The molecule has 0 bridgehead atoms. The molecule has 15 heavy (non-hydrogen) atoms. The van der Waals surface area contributed by atoms with Crippen LogP contribution in [0.3, 0.4) is 0 Å². The third kappa shape index (κ3) is 6.24. The van der Waals surface area contributed by atoms with Crippen LogP contribution in [-0.2, 0) is 4.74 Å². The number of likely N-dealkylation sites (N-methyl/N-ethyl adjacent to an activating group) is 1.